The minimum atomic E-state index is -1.28. The van der Waals surface area contributed by atoms with E-state index in [4.69, 9.17) is 10.8 Å². The fourth-order valence-electron chi connectivity index (χ4n) is 1.91. The molecule has 0 aliphatic heterocycles. The van der Waals surface area contributed by atoms with E-state index in [9.17, 15) is 14.4 Å². The molecule has 6 nitrogen and oxygen atoms in total. The molecule has 0 bridgehead atoms. The zero-order chi connectivity index (χ0) is 14.7. The van der Waals surface area contributed by atoms with Crippen molar-refractivity contribution in [3.8, 4) is 0 Å². The Balaban J connectivity index is 2.46. The van der Waals surface area contributed by atoms with Crippen LogP contribution >= 0.6 is 0 Å². The lowest BCUT2D eigenvalue weighted by Gasteiger charge is -2.09. The Morgan fingerprint density at radius 2 is 1.75 bits per heavy atom. The molecule has 0 unspecified atom stereocenters. The molecule has 0 spiro atoms. The normalized spacial score (nSPS) is 10.2. The van der Waals surface area contributed by atoms with Crippen LogP contribution < -0.4 is 11.3 Å². The lowest BCUT2D eigenvalue weighted by Crippen LogP contribution is -2.27. The SMILES string of the molecule is NC(=O)c1ccccc1Cn1cccc(C(=O)O)c1=O. The first-order chi connectivity index (χ1) is 9.50. The molecule has 0 aliphatic rings. The second-order valence-corrected chi connectivity index (χ2v) is 4.18. The Labute approximate surface area is 114 Å². The van der Waals surface area contributed by atoms with Crippen molar-refractivity contribution in [1.29, 1.82) is 0 Å². The summed E-state index contributed by atoms with van der Waals surface area (Å²) < 4.78 is 1.23. The molecule has 0 fully saturated rings. The first kappa shape index (κ1) is 13.5. The number of pyridine rings is 1. The number of benzene rings is 1. The van der Waals surface area contributed by atoms with E-state index < -0.39 is 17.4 Å². The van der Waals surface area contributed by atoms with Gasteiger partial charge in [-0.05, 0) is 23.8 Å². The van der Waals surface area contributed by atoms with Gasteiger partial charge in [-0.3, -0.25) is 9.59 Å². The molecular weight excluding hydrogens is 260 g/mol. The molecule has 2 rings (SSSR count). The van der Waals surface area contributed by atoms with E-state index in [1.807, 2.05) is 0 Å². The van der Waals surface area contributed by atoms with Crippen molar-refractivity contribution in [2.75, 3.05) is 0 Å². The van der Waals surface area contributed by atoms with E-state index >= 15 is 0 Å². The number of rotatable bonds is 4. The Morgan fingerprint density at radius 1 is 1.10 bits per heavy atom. The molecule has 1 heterocycles. The second kappa shape index (κ2) is 5.40. The highest BCUT2D eigenvalue weighted by Gasteiger charge is 2.12. The van der Waals surface area contributed by atoms with Crippen LogP contribution in [0.25, 0.3) is 0 Å². The van der Waals surface area contributed by atoms with Crippen LogP contribution in [0.3, 0.4) is 0 Å². The van der Waals surface area contributed by atoms with Gasteiger partial charge in [-0.25, -0.2) is 4.79 Å². The largest absolute Gasteiger partial charge is 0.477 e. The van der Waals surface area contributed by atoms with Gasteiger partial charge in [-0.15, -0.1) is 0 Å². The monoisotopic (exact) mass is 272 g/mol. The number of carboxylic acids is 1. The van der Waals surface area contributed by atoms with Gasteiger partial charge in [0.25, 0.3) is 5.56 Å². The summed E-state index contributed by atoms with van der Waals surface area (Å²) in [6.45, 7) is 0.0824. The summed E-state index contributed by atoms with van der Waals surface area (Å²) in [7, 11) is 0. The van der Waals surface area contributed by atoms with Crippen LogP contribution in [0, 0.1) is 0 Å². The average molecular weight is 272 g/mol. The van der Waals surface area contributed by atoms with Crippen LogP contribution in [0.1, 0.15) is 26.3 Å². The van der Waals surface area contributed by atoms with Gasteiger partial charge in [0.2, 0.25) is 5.91 Å². The van der Waals surface area contributed by atoms with Crippen molar-refractivity contribution in [2.24, 2.45) is 5.73 Å². The van der Waals surface area contributed by atoms with Crippen LogP contribution in [0.4, 0.5) is 0 Å². The number of nitrogens with zero attached hydrogens (tertiary/aromatic N) is 1. The van der Waals surface area contributed by atoms with Crippen molar-refractivity contribution in [3.63, 3.8) is 0 Å². The van der Waals surface area contributed by atoms with Crippen LogP contribution in [0.2, 0.25) is 0 Å². The summed E-state index contributed by atoms with van der Waals surface area (Å²) in [4.78, 5) is 34.2. The summed E-state index contributed by atoms with van der Waals surface area (Å²) in [6.07, 6.45) is 1.46. The molecule has 0 saturated carbocycles. The third-order valence-corrected chi connectivity index (χ3v) is 2.87. The Hall–Kier alpha value is -2.89. The first-order valence-electron chi connectivity index (χ1n) is 5.81. The van der Waals surface area contributed by atoms with Crippen LogP contribution in [0.5, 0.6) is 0 Å². The highest BCUT2D eigenvalue weighted by Crippen LogP contribution is 2.09. The van der Waals surface area contributed by atoms with E-state index in [0.29, 0.717) is 11.1 Å². The molecule has 0 radical (unpaired) electrons. The maximum atomic E-state index is 12.0. The van der Waals surface area contributed by atoms with Gasteiger partial charge in [0.15, 0.2) is 0 Å². The topological polar surface area (TPSA) is 102 Å². The molecule has 0 saturated heterocycles. The predicted octanol–water partition coefficient (Wildman–Crippen LogP) is 0.694. The Kier molecular flexibility index (Phi) is 3.65. The summed E-state index contributed by atoms with van der Waals surface area (Å²) in [5, 5.41) is 8.91. The van der Waals surface area contributed by atoms with Gasteiger partial charge in [0.05, 0.1) is 6.54 Å². The zero-order valence-electron chi connectivity index (χ0n) is 10.4. The summed E-state index contributed by atoms with van der Waals surface area (Å²) in [6, 6.07) is 9.32. The molecule has 6 heteroatoms. The predicted molar refractivity (Wildman–Crippen MR) is 71.7 cm³/mol. The molecule has 102 valence electrons. The molecule has 1 amide bonds. The van der Waals surface area contributed by atoms with Crippen molar-refractivity contribution in [2.45, 2.75) is 6.54 Å². The van der Waals surface area contributed by atoms with Gasteiger partial charge in [-0.1, -0.05) is 18.2 Å². The molecule has 0 atom stereocenters. The molecule has 1 aromatic carbocycles. The van der Waals surface area contributed by atoms with Crippen LogP contribution in [-0.2, 0) is 6.54 Å². The smallest absolute Gasteiger partial charge is 0.341 e. The molecule has 3 N–H and O–H groups in total. The number of aromatic carboxylic acids is 1. The fraction of sp³-hybridized carbons (Fsp3) is 0.0714. The van der Waals surface area contributed by atoms with Gasteiger partial charge in [0, 0.05) is 11.8 Å². The van der Waals surface area contributed by atoms with Gasteiger partial charge < -0.3 is 15.4 Å². The third kappa shape index (κ3) is 2.59. The number of nitrogens with two attached hydrogens (primary N) is 1. The van der Waals surface area contributed by atoms with E-state index in [2.05, 4.69) is 0 Å². The number of amides is 1. The Bertz CT molecular complexity index is 734. The quantitative estimate of drug-likeness (QED) is 0.854. The van der Waals surface area contributed by atoms with E-state index in [0.717, 1.165) is 0 Å². The van der Waals surface area contributed by atoms with Crippen LogP contribution in [-0.4, -0.2) is 21.6 Å². The number of carbonyl (C=O) groups excluding carboxylic acids is 1. The lowest BCUT2D eigenvalue weighted by molar-refractivity contribution is 0.0694. The van der Waals surface area contributed by atoms with Gasteiger partial charge in [0.1, 0.15) is 5.56 Å². The Morgan fingerprint density at radius 3 is 2.40 bits per heavy atom. The average Bonchev–Trinajstić information content (AvgIpc) is 2.41. The van der Waals surface area contributed by atoms with Crippen LogP contribution in [0.15, 0.2) is 47.4 Å². The van der Waals surface area contributed by atoms with E-state index in [1.165, 1.54) is 22.9 Å². The number of carboxylic acid groups (broad SMARTS) is 1. The molecular formula is C14H12N2O4. The molecule has 0 aliphatic carbocycles. The third-order valence-electron chi connectivity index (χ3n) is 2.87. The summed E-state index contributed by atoms with van der Waals surface area (Å²) in [5.74, 6) is -1.88. The van der Waals surface area contributed by atoms with Crippen molar-refractivity contribution >= 4 is 11.9 Å². The lowest BCUT2D eigenvalue weighted by atomic mass is 10.1. The molecule has 20 heavy (non-hydrogen) atoms. The minimum Gasteiger partial charge on any atom is -0.477 e. The zero-order valence-corrected chi connectivity index (χ0v) is 10.4. The summed E-state index contributed by atoms with van der Waals surface area (Å²) >= 11 is 0. The van der Waals surface area contributed by atoms with Crippen molar-refractivity contribution in [1.82, 2.24) is 4.57 Å². The first-order valence-corrected chi connectivity index (χ1v) is 5.81. The molecule has 2 aromatic rings. The standard InChI is InChI=1S/C14H12N2O4/c15-12(17)10-5-2-1-4-9(10)8-16-7-3-6-11(13(16)18)14(19)20/h1-7H,8H2,(H2,15,17)(H,19,20). The number of primary amides is 1. The van der Waals surface area contributed by atoms with Gasteiger partial charge in [-0.2, -0.15) is 0 Å². The minimum absolute atomic E-state index is 0.0824. The van der Waals surface area contributed by atoms with Crippen molar-refractivity contribution in [3.05, 3.63) is 69.6 Å². The van der Waals surface area contributed by atoms with E-state index in [-0.39, 0.29) is 12.1 Å². The number of hydrogen-bond donors (Lipinski definition) is 2. The van der Waals surface area contributed by atoms with Gasteiger partial charge >= 0.3 is 5.97 Å². The second-order valence-electron chi connectivity index (χ2n) is 4.18. The van der Waals surface area contributed by atoms with Crippen molar-refractivity contribution < 1.29 is 14.7 Å². The summed E-state index contributed by atoms with van der Waals surface area (Å²) in [5.41, 5.74) is 5.19. The highest BCUT2D eigenvalue weighted by molar-refractivity contribution is 5.94. The molecule has 1 aromatic heterocycles. The fourth-order valence-corrected chi connectivity index (χ4v) is 1.91. The maximum absolute atomic E-state index is 12.0. The highest BCUT2D eigenvalue weighted by atomic mass is 16.4. The number of aromatic nitrogens is 1. The van der Waals surface area contributed by atoms with E-state index in [1.54, 1.807) is 24.3 Å². The number of carbonyl (C=O) groups is 2. The maximum Gasteiger partial charge on any atom is 0.341 e. The number of hydrogen-bond acceptors (Lipinski definition) is 3.